The third kappa shape index (κ3) is 3.99. The van der Waals surface area contributed by atoms with E-state index in [1.54, 1.807) is 0 Å². The topological polar surface area (TPSA) is 18.5 Å². The molecule has 2 nitrogen and oxygen atoms in total. The summed E-state index contributed by atoms with van der Waals surface area (Å²) in [6.45, 7) is 11.1. The van der Waals surface area contributed by atoms with Gasteiger partial charge >= 0.3 is 8.56 Å². The van der Waals surface area contributed by atoms with E-state index >= 15 is 0 Å². The molecule has 0 radical (unpaired) electrons. The van der Waals surface area contributed by atoms with Crippen LogP contribution in [0.4, 0.5) is 0 Å². The minimum absolute atomic E-state index is 0.805. The van der Waals surface area contributed by atoms with E-state index in [-0.39, 0.29) is 0 Å². The van der Waals surface area contributed by atoms with Gasteiger partial charge in [0.25, 0.3) is 0 Å². The van der Waals surface area contributed by atoms with Crippen molar-refractivity contribution in [3.63, 3.8) is 0 Å². The normalized spacial score (nSPS) is 13.8. The van der Waals surface area contributed by atoms with Gasteiger partial charge in [-0.3, -0.25) is 0 Å². The molecule has 0 N–H and O–H groups in total. The Morgan fingerprint density at radius 2 is 1.50 bits per heavy atom. The van der Waals surface area contributed by atoms with Crippen LogP contribution in [0.25, 0.3) is 0 Å². The van der Waals surface area contributed by atoms with Crippen LogP contribution in [0.15, 0.2) is 0 Å². The van der Waals surface area contributed by atoms with Crippen molar-refractivity contribution in [2.24, 2.45) is 0 Å². The smallest absolute Gasteiger partial charge is 0.310 e. The molecular weight excluding hydrogens is 200 g/mol. The highest BCUT2D eigenvalue weighted by atomic mass is 28.5. The zero-order chi connectivity index (χ0) is 9.83. The largest absolute Gasteiger partial charge is 0.445 e. The first-order valence-corrected chi connectivity index (χ1v) is 11.1. The Bertz CT molecular complexity index is 135. The molecule has 0 atom stereocenters. The molecule has 0 aliphatic carbocycles. The average molecular weight is 223 g/mol. The molecule has 0 aromatic rings. The number of rotatable bonds is 5. The van der Waals surface area contributed by atoms with Gasteiger partial charge in [0, 0.05) is 0 Å². The lowest BCUT2D eigenvalue weighted by Crippen LogP contribution is -2.47. The highest BCUT2D eigenvalue weighted by molar-refractivity contribution is 6.83. The fraction of sp³-hybridized carbons (Fsp3) is 1.00. The molecule has 0 bridgehead atoms. The molecule has 0 amide bonds. The molecule has 5 heteroatoms. The third-order valence-corrected chi connectivity index (χ3v) is 13.3. The van der Waals surface area contributed by atoms with Crippen molar-refractivity contribution < 1.29 is 8.23 Å². The summed E-state index contributed by atoms with van der Waals surface area (Å²) in [6, 6.07) is 2.40. The quantitative estimate of drug-likeness (QED) is 0.658. The Kier molecular flexibility index (Phi) is 4.93. The highest BCUT2D eigenvalue weighted by Gasteiger charge is 2.34. The average Bonchev–Trinajstić information content (AvgIpc) is 2.04. The highest BCUT2D eigenvalue weighted by Crippen LogP contribution is 2.21. The summed E-state index contributed by atoms with van der Waals surface area (Å²) in [4.78, 5) is 0. The van der Waals surface area contributed by atoms with Crippen LogP contribution in [-0.4, -0.2) is 27.4 Å². The minimum Gasteiger partial charge on any atom is -0.445 e. The third-order valence-electron chi connectivity index (χ3n) is 2.48. The lowest BCUT2D eigenvalue weighted by atomic mass is 10.9. The van der Waals surface area contributed by atoms with Gasteiger partial charge in [0.15, 0.2) is 8.32 Å². The molecule has 0 aromatic heterocycles. The molecule has 0 spiro atoms. The molecule has 12 heavy (non-hydrogen) atoms. The summed E-state index contributed by atoms with van der Waals surface area (Å²) in [5.74, 6) is 0. The summed E-state index contributed by atoms with van der Waals surface area (Å²) in [7, 11) is -2.32. The maximum atomic E-state index is 6.16. The van der Waals surface area contributed by atoms with Gasteiger partial charge in [-0.15, -0.1) is 0 Å². The van der Waals surface area contributed by atoms with Crippen LogP contribution in [0.3, 0.4) is 0 Å². The predicted molar refractivity (Wildman–Crippen MR) is 62.2 cm³/mol. The molecule has 0 saturated carbocycles. The van der Waals surface area contributed by atoms with Crippen LogP contribution in [0.5, 0.6) is 0 Å². The number of hydrogen-bond donors (Lipinski definition) is 0. The Morgan fingerprint density at radius 3 is 1.75 bits per heavy atom. The number of hydrogen-bond acceptors (Lipinski definition) is 2. The Labute approximate surface area is 81.6 Å². The van der Waals surface area contributed by atoms with Gasteiger partial charge in [0.05, 0.1) is 0 Å². The molecule has 74 valence electrons. The van der Waals surface area contributed by atoms with Crippen LogP contribution in [-0.2, 0) is 8.23 Å². The van der Waals surface area contributed by atoms with Crippen LogP contribution in [0.1, 0.15) is 13.8 Å². The predicted octanol–water partition coefficient (Wildman–Crippen LogP) is 1.62. The van der Waals surface area contributed by atoms with Crippen LogP contribution in [0, 0.1) is 0 Å². The lowest BCUT2D eigenvalue weighted by Gasteiger charge is -2.33. The lowest BCUT2D eigenvalue weighted by molar-refractivity contribution is 0.411. The molecule has 0 rings (SSSR count). The fourth-order valence-corrected chi connectivity index (χ4v) is 8.51. The van der Waals surface area contributed by atoms with Crippen LogP contribution < -0.4 is 0 Å². The van der Waals surface area contributed by atoms with Gasteiger partial charge in [0.2, 0.25) is 0 Å². The van der Waals surface area contributed by atoms with E-state index in [0.29, 0.717) is 0 Å². The minimum atomic E-state index is -1.73. The van der Waals surface area contributed by atoms with Gasteiger partial charge in [0.1, 0.15) is 10.5 Å². The first kappa shape index (κ1) is 12.6. The molecule has 0 saturated heterocycles. The van der Waals surface area contributed by atoms with E-state index in [9.17, 15) is 0 Å². The second kappa shape index (κ2) is 4.71. The van der Waals surface area contributed by atoms with Gasteiger partial charge in [-0.1, -0.05) is 13.8 Å². The van der Waals surface area contributed by atoms with Crippen molar-refractivity contribution in [2.75, 3.05) is 0 Å². The first-order valence-electron chi connectivity index (χ1n) is 4.64. The summed E-state index contributed by atoms with van der Waals surface area (Å²) >= 11 is 0. The second-order valence-corrected chi connectivity index (χ2v) is 13.4. The van der Waals surface area contributed by atoms with Gasteiger partial charge in [-0.2, -0.15) is 0 Å². The second-order valence-electron chi connectivity index (χ2n) is 3.86. The molecule has 0 aliphatic rings. The van der Waals surface area contributed by atoms with Crippen molar-refractivity contribution in [3.8, 4) is 0 Å². The van der Waals surface area contributed by atoms with Gasteiger partial charge < -0.3 is 8.23 Å². The van der Waals surface area contributed by atoms with Crippen LogP contribution in [0.2, 0.25) is 31.7 Å². The summed E-state index contributed by atoms with van der Waals surface area (Å²) in [6.07, 6.45) is 0. The molecule has 0 unspecified atom stereocenters. The van der Waals surface area contributed by atoms with Crippen molar-refractivity contribution in [3.05, 3.63) is 0 Å². The maximum Gasteiger partial charge on any atom is 0.310 e. The van der Waals surface area contributed by atoms with Gasteiger partial charge in [-0.05, 0) is 31.7 Å². The standard InChI is InChI=1S/C7H22O2Si3/c1-6-12(5,7-2)9-11(3,4)8-10/h6-7H2,1-5,10H3. The Morgan fingerprint density at radius 1 is 1.08 bits per heavy atom. The molecule has 0 aromatic carbocycles. The van der Waals surface area contributed by atoms with E-state index in [4.69, 9.17) is 8.23 Å². The molecule has 0 fully saturated rings. The van der Waals surface area contributed by atoms with E-state index < -0.39 is 16.9 Å². The van der Waals surface area contributed by atoms with Crippen molar-refractivity contribution in [2.45, 2.75) is 45.6 Å². The SMILES string of the molecule is CC[Si](C)(CC)O[Si](C)(C)O[SiH3]. The summed E-state index contributed by atoms with van der Waals surface area (Å²) in [5.41, 5.74) is 0. The van der Waals surface area contributed by atoms with E-state index in [0.717, 1.165) is 10.5 Å². The monoisotopic (exact) mass is 222 g/mol. The first-order chi connectivity index (χ1) is 5.39. The van der Waals surface area contributed by atoms with Crippen LogP contribution >= 0.6 is 0 Å². The van der Waals surface area contributed by atoms with Crippen molar-refractivity contribution in [1.82, 2.24) is 0 Å². The molecular formula is C7H22O2Si3. The van der Waals surface area contributed by atoms with E-state index in [1.807, 2.05) is 0 Å². The van der Waals surface area contributed by atoms with Crippen molar-refractivity contribution >= 4 is 27.4 Å². The molecule has 0 heterocycles. The van der Waals surface area contributed by atoms with E-state index in [1.165, 1.54) is 12.1 Å². The summed E-state index contributed by atoms with van der Waals surface area (Å²) < 4.78 is 11.7. The van der Waals surface area contributed by atoms with Crippen molar-refractivity contribution in [1.29, 1.82) is 0 Å². The fourth-order valence-electron chi connectivity index (χ4n) is 1.03. The zero-order valence-electron chi connectivity index (χ0n) is 9.23. The molecule has 0 aliphatic heterocycles. The zero-order valence-corrected chi connectivity index (χ0v) is 13.2. The summed E-state index contributed by atoms with van der Waals surface area (Å²) in [5, 5.41) is 0. The van der Waals surface area contributed by atoms with E-state index in [2.05, 4.69) is 33.5 Å². The van der Waals surface area contributed by atoms with Gasteiger partial charge in [-0.25, -0.2) is 0 Å². The Hall–Kier alpha value is 0.571. The Balaban J connectivity index is 4.20. The maximum absolute atomic E-state index is 6.16.